The number of amides is 1. The molecule has 2 fully saturated rings. The Hall–Kier alpha value is -1.27. The Labute approximate surface area is 393 Å². The monoisotopic (exact) mass is 932 g/mol. The van der Waals surface area contributed by atoms with Crippen LogP contribution in [0, 0.1) is 0 Å². The first-order valence-electron chi connectivity index (χ1n) is 26.4. The van der Waals surface area contributed by atoms with Crippen molar-refractivity contribution >= 4 is 5.91 Å². The fourth-order valence-electron chi connectivity index (χ4n) is 8.92. The first-order valence-corrected chi connectivity index (χ1v) is 26.4. The molecule has 384 valence electrons. The number of hydrogen-bond donors (Lipinski definition) is 9. The highest BCUT2D eigenvalue weighted by Gasteiger charge is 2.51. The van der Waals surface area contributed by atoms with E-state index in [0.29, 0.717) is 6.42 Å². The van der Waals surface area contributed by atoms with Crippen LogP contribution in [0.2, 0.25) is 0 Å². The van der Waals surface area contributed by atoms with E-state index < -0.39 is 86.8 Å². The lowest BCUT2D eigenvalue weighted by Gasteiger charge is -2.46. The van der Waals surface area contributed by atoms with Crippen LogP contribution in [-0.2, 0) is 23.7 Å². The SMILES string of the molecule is CCCCCCCCCCCCCCCCCCCCCCCCCCCCCC/C=C/C(O)C(COC1OC(CO)C(OC2OC(CO)C(O)C(O)C2O)C(O)C1O)NC(=O)CCC. The number of carbonyl (C=O) groups is 1. The number of hydrogen-bond acceptors (Lipinski definition) is 13. The quantitative estimate of drug-likeness (QED) is 0.0219. The molecule has 65 heavy (non-hydrogen) atoms. The van der Waals surface area contributed by atoms with E-state index in [1.807, 2.05) is 13.0 Å². The van der Waals surface area contributed by atoms with E-state index in [1.165, 1.54) is 167 Å². The first-order chi connectivity index (χ1) is 31.6. The molecule has 2 aliphatic heterocycles. The minimum absolute atomic E-state index is 0.234. The van der Waals surface area contributed by atoms with Crippen molar-refractivity contribution in [1.82, 2.24) is 5.32 Å². The minimum Gasteiger partial charge on any atom is -0.394 e. The average molecular weight is 932 g/mol. The number of aliphatic hydroxyl groups is 8. The Bertz CT molecular complexity index is 1150. The number of ether oxygens (including phenoxy) is 4. The number of allylic oxidation sites excluding steroid dienone is 1. The molecule has 9 N–H and O–H groups in total. The largest absolute Gasteiger partial charge is 0.394 e. The van der Waals surface area contributed by atoms with Crippen molar-refractivity contribution in [2.75, 3.05) is 19.8 Å². The standard InChI is InChI=1S/C51H97NO13/c1-3-5-6-7-8-9-10-11-12-13-14-15-16-17-18-19-20-21-22-23-24-25-26-27-28-29-30-31-32-33-35-40(55)39(52-43(56)34-4-2)38-62-50-48(61)46(59)49(42(37-54)64-50)65-51-47(60)45(58)44(57)41(36-53)63-51/h33,35,39-42,44-51,53-55,57-61H,3-32,34,36-38H2,1-2H3,(H,52,56)/b35-33+. The van der Waals surface area contributed by atoms with Crippen molar-refractivity contribution in [2.45, 2.75) is 286 Å². The van der Waals surface area contributed by atoms with Gasteiger partial charge in [0.2, 0.25) is 5.91 Å². The van der Waals surface area contributed by atoms with Gasteiger partial charge in [0.25, 0.3) is 0 Å². The topological polar surface area (TPSA) is 228 Å². The van der Waals surface area contributed by atoms with Crippen molar-refractivity contribution in [2.24, 2.45) is 0 Å². The molecule has 0 saturated carbocycles. The number of nitrogens with one attached hydrogen (secondary N) is 1. The summed E-state index contributed by atoms with van der Waals surface area (Å²) in [5.74, 6) is -0.291. The van der Waals surface area contributed by atoms with Crippen LogP contribution in [0.15, 0.2) is 12.2 Å². The average Bonchev–Trinajstić information content (AvgIpc) is 3.30. The van der Waals surface area contributed by atoms with Gasteiger partial charge in [-0.2, -0.15) is 0 Å². The highest BCUT2D eigenvalue weighted by atomic mass is 16.7. The Morgan fingerprint density at radius 2 is 0.954 bits per heavy atom. The lowest BCUT2D eigenvalue weighted by molar-refractivity contribution is -0.359. The Morgan fingerprint density at radius 3 is 1.38 bits per heavy atom. The van der Waals surface area contributed by atoms with Crippen molar-refractivity contribution in [3.63, 3.8) is 0 Å². The molecule has 2 heterocycles. The van der Waals surface area contributed by atoms with Crippen molar-refractivity contribution < 1.29 is 64.6 Å². The molecule has 0 aromatic carbocycles. The summed E-state index contributed by atoms with van der Waals surface area (Å²) in [6, 6.07) is -0.905. The molecule has 0 bridgehead atoms. The lowest BCUT2D eigenvalue weighted by Crippen LogP contribution is -2.65. The van der Waals surface area contributed by atoms with Gasteiger partial charge in [-0.25, -0.2) is 0 Å². The maximum absolute atomic E-state index is 12.5. The lowest BCUT2D eigenvalue weighted by atomic mass is 9.97. The van der Waals surface area contributed by atoms with Gasteiger partial charge in [0.1, 0.15) is 48.8 Å². The van der Waals surface area contributed by atoms with Gasteiger partial charge in [-0.15, -0.1) is 0 Å². The van der Waals surface area contributed by atoms with Crippen LogP contribution in [0.1, 0.15) is 213 Å². The summed E-state index contributed by atoms with van der Waals surface area (Å²) in [6.07, 6.45) is 26.3. The zero-order valence-corrected chi connectivity index (χ0v) is 40.7. The molecule has 0 radical (unpaired) electrons. The van der Waals surface area contributed by atoms with Gasteiger partial charge in [0.05, 0.1) is 32.0 Å². The minimum atomic E-state index is -1.78. The predicted octanol–water partition coefficient (Wildman–Crippen LogP) is 7.16. The zero-order valence-electron chi connectivity index (χ0n) is 40.7. The van der Waals surface area contributed by atoms with Gasteiger partial charge in [-0.05, 0) is 19.3 Å². The zero-order chi connectivity index (χ0) is 47.5. The van der Waals surface area contributed by atoms with Crippen LogP contribution < -0.4 is 5.32 Å². The summed E-state index contributed by atoms with van der Waals surface area (Å²) in [4.78, 5) is 12.5. The second-order valence-corrected chi connectivity index (χ2v) is 19.0. The molecule has 12 atom stereocenters. The number of rotatable bonds is 41. The van der Waals surface area contributed by atoms with Crippen LogP contribution >= 0.6 is 0 Å². The number of aliphatic hydroxyl groups excluding tert-OH is 8. The molecule has 14 heteroatoms. The fourth-order valence-corrected chi connectivity index (χ4v) is 8.92. The van der Waals surface area contributed by atoms with Crippen molar-refractivity contribution in [3.05, 3.63) is 12.2 Å². The van der Waals surface area contributed by atoms with Gasteiger partial charge in [0.15, 0.2) is 12.6 Å². The molecule has 2 rings (SSSR count). The molecule has 0 aromatic rings. The van der Waals surface area contributed by atoms with Crippen molar-refractivity contribution in [1.29, 1.82) is 0 Å². The van der Waals surface area contributed by atoms with Gasteiger partial charge in [0, 0.05) is 6.42 Å². The van der Waals surface area contributed by atoms with E-state index >= 15 is 0 Å². The van der Waals surface area contributed by atoms with E-state index in [2.05, 4.69) is 12.2 Å². The third-order valence-electron chi connectivity index (χ3n) is 13.2. The highest BCUT2D eigenvalue weighted by Crippen LogP contribution is 2.30. The van der Waals surface area contributed by atoms with Crippen LogP contribution in [-0.4, -0.2) is 140 Å². The maximum atomic E-state index is 12.5. The van der Waals surface area contributed by atoms with E-state index in [1.54, 1.807) is 6.08 Å². The maximum Gasteiger partial charge on any atom is 0.220 e. The molecular weight excluding hydrogens is 835 g/mol. The smallest absolute Gasteiger partial charge is 0.220 e. The molecule has 1 amide bonds. The summed E-state index contributed by atoms with van der Waals surface area (Å²) < 4.78 is 22.4. The number of unbranched alkanes of at least 4 members (excludes halogenated alkanes) is 28. The summed E-state index contributed by atoms with van der Waals surface area (Å²) in [5.41, 5.74) is 0. The van der Waals surface area contributed by atoms with E-state index in [4.69, 9.17) is 18.9 Å². The molecule has 0 aromatic heterocycles. The number of carbonyl (C=O) groups excluding carboxylic acids is 1. The third kappa shape index (κ3) is 25.8. The Morgan fingerprint density at radius 1 is 0.538 bits per heavy atom. The first kappa shape index (κ1) is 59.9. The van der Waals surface area contributed by atoms with Gasteiger partial charge >= 0.3 is 0 Å². The molecular formula is C51H97NO13. The molecule has 0 aliphatic carbocycles. The molecule has 0 spiro atoms. The van der Waals surface area contributed by atoms with Gasteiger partial charge in [-0.1, -0.05) is 199 Å². The highest BCUT2D eigenvalue weighted by molar-refractivity contribution is 5.76. The van der Waals surface area contributed by atoms with Crippen LogP contribution in [0.5, 0.6) is 0 Å². The van der Waals surface area contributed by atoms with Gasteiger partial charge in [-0.3, -0.25) is 4.79 Å². The van der Waals surface area contributed by atoms with E-state index in [-0.39, 0.29) is 18.9 Å². The summed E-state index contributed by atoms with van der Waals surface area (Å²) in [7, 11) is 0. The molecule has 2 saturated heterocycles. The van der Waals surface area contributed by atoms with Crippen LogP contribution in [0.25, 0.3) is 0 Å². The van der Waals surface area contributed by atoms with Gasteiger partial charge < -0.3 is 65.1 Å². The molecule has 12 unspecified atom stereocenters. The van der Waals surface area contributed by atoms with Crippen molar-refractivity contribution in [3.8, 4) is 0 Å². The molecule has 14 nitrogen and oxygen atoms in total. The summed E-state index contributed by atoms with van der Waals surface area (Å²) in [6.45, 7) is 2.43. The summed E-state index contributed by atoms with van der Waals surface area (Å²) in [5, 5.41) is 85.7. The second kappa shape index (κ2) is 38.6. The fraction of sp³-hybridized carbons (Fsp3) is 0.941. The summed E-state index contributed by atoms with van der Waals surface area (Å²) >= 11 is 0. The van der Waals surface area contributed by atoms with Crippen LogP contribution in [0.3, 0.4) is 0 Å². The predicted molar refractivity (Wildman–Crippen MR) is 254 cm³/mol. The Kier molecular flexibility index (Phi) is 35.5. The Balaban J connectivity index is 1.53. The van der Waals surface area contributed by atoms with E-state index in [9.17, 15) is 45.6 Å². The normalized spacial score (nSPS) is 27.0. The molecule has 2 aliphatic rings. The van der Waals surface area contributed by atoms with E-state index in [0.717, 1.165) is 19.3 Å². The van der Waals surface area contributed by atoms with Crippen LogP contribution in [0.4, 0.5) is 0 Å². The third-order valence-corrected chi connectivity index (χ3v) is 13.2. The second-order valence-electron chi connectivity index (χ2n) is 19.0.